The Morgan fingerprint density at radius 2 is 1.48 bits per heavy atom. The second kappa shape index (κ2) is 15.8. The molecule has 1 heterocycles. The highest BCUT2D eigenvalue weighted by atomic mass is 32.1. The second-order valence-corrected chi connectivity index (χ2v) is 10.4. The molecule has 4 unspecified atom stereocenters. The van der Waals surface area contributed by atoms with Crippen molar-refractivity contribution in [2.24, 2.45) is 11.5 Å². The fourth-order valence-electron chi connectivity index (χ4n) is 4.46. The number of carbonyl (C=O) groups is 4. The predicted octanol–water partition coefficient (Wildman–Crippen LogP) is 0.584. The summed E-state index contributed by atoms with van der Waals surface area (Å²) in [5, 5.41) is 27.7. The van der Waals surface area contributed by atoms with Crippen LogP contribution in [0.3, 0.4) is 0 Å². The van der Waals surface area contributed by atoms with Crippen molar-refractivity contribution in [1.29, 1.82) is 0 Å². The number of carboxylic acids is 1. The molecular weight excluding hydrogens is 560 g/mol. The fourth-order valence-corrected chi connectivity index (χ4v) is 4.70. The second-order valence-electron chi connectivity index (χ2n) is 10.0. The van der Waals surface area contributed by atoms with Gasteiger partial charge in [-0.1, -0.05) is 36.8 Å². The van der Waals surface area contributed by atoms with Crippen LogP contribution in [0.5, 0.6) is 5.75 Å². The molecule has 0 radical (unpaired) electrons. The van der Waals surface area contributed by atoms with E-state index in [1.165, 1.54) is 12.1 Å². The first kappa shape index (κ1) is 32.4. The van der Waals surface area contributed by atoms with Gasteiger partial charge in [0.1, 0.15) is 23.9 Å². The molecule has 0 aliphatic carbocycles. The summed E-state index contributed by atoms with van der Waals surface area (Å²) in [4.78, 5) is 54.6. The molecule has 10 N–H and O–H groups in total. The molecule has 0 saturated carbocycles. The first-order chi connectivity index (χ1) is 20.1. The van der Waals surface area contributed by atoms with Gasteiger partial charge >= 0.3 is 5.97 Å². The van der Waals surface area contributed by atoms with E-state index in [4.69, 9.17) is 11.5 Å². The van der Waals surface area contributed by atoms with Crippen molar-refractivity contribution >= 4 is 47.2 Å². The average Bonchev–Trinajstić information content (AvgIpc) is 3.38. The molecule has 0 bridgehead atoms. The first-order valence-electron chi connectivity index (χ1n) is 13.7. The van der Waals surface area contributed by atoms with Gasteiger partial charge in [-0.3, -0.25) is 14.4 Å². The summed E-state index contributed by atoms with van der Waals surface area (Å²) in [6.45, 7) is 0.473. The molecule has 1 aromatic heterocycles. The minimum atomic E-state index is -1.28. The number of fused-ring (bicyclic) bond motifs is 1. The zero-order chi connectivity index (χ0) is 30.6. The molecule has 0 aliphatic rings. The van der Waals surface area contributed by atoms with Gasteiger partial charge in [-0.2, -0.15) is 12.6 Å². The third-order valence-electron chi connectivity index (χ3n) is 6.84. The number of hydrogen-bond acceptors (Lipinski definition) is 8. The summed E-state index contributed by atoms with van der Waals surface area (Å²) in [6.07, 6.45) is 3.58. The van der Waals surface area contributed by atoms with E-state index in [2.05, 4.69) is 33.6 Å². The lowest BCUT2D eigenvalue weighted by Crippen LogP contribution is -2.58. The van der Waals surface area contributed by atoms with Crippen molar-refractivity contribution < 1.29 is 29.4 Å². The number of nitrogens with two attached hydrogens (primary N) is 2. The van der Waals surface area contributed by atoms with Crippen LogP contribution >= 0.6 is 12.6 Å². The largest absolute Gasteiger partial charge is 0.508 e. The molecule has 3 aromatic rings. The SMILES string of the molecule is NCCCCC(N)C(=O)NC(Cc1c[nH]c2ccccc12)C(=O)NC(Cc1ccc(O)cc1)C(=O)NC(CS)C(=O)O. The van der Waals surface area contributed by atoms with E-state index in [1.807, 2.05) is 24.3 Å². The molecule has 0 fully saturated rings. The number of aromatic amines is 1. The molecule has 3 amide bonds. The zero-order valence-corrected chi connectivity index (χ0v) is 24.0. The van der Waals surface area contributed by atoms with E-state index >= 15 is 0 Å². The van der Waals surface area contributed by atoms with Crippen LogP contribution in [0.4, 0.5) is 0 Å². The lowest BCUT2D eigenvalue weighted by atomic mass is 10.0. The first-order valence-corrected chi connectivity index (χ1v) is 14.3. The summed E-state index contributed by atoms with van der Waals surface area (Å²) in [6, 6.07) is 9.09. The Hall–Kier alpha value is -4.07. The smallest absolute Gasteiger partial charge is 0.327 e. The van der Waals surface area contributed by atoms with Gasteiger partial charge in [0.05, 0.1) is 6.04 Å². The number of rotatable bonds is 16. The summed E-state index contributed by atoms with van der Waals surface area (Å²) in [5.74, 6) is -3.33. The Morgan fingerprint density at radius 1 is 0.857 bits per heavy atom. The zero-order valence-electron chi connectivity index (χ0n) is 23.1. The molecule has 12 nitrogen and oxygen atoms in total. The van der Waals surface area contributed by atoms with Gasteiger partial charge in [-0.15, -0.1) is 0 Å². The number of thiol groups is 1. The molecule has 2 aromatic carbocycles. The Labute approximate surface area is 249 Å². The Morgan fingerprint density at radius 3 is 2.12 bits per heavy atom. The van der Waals surface area contributed by atoms with Crippen LogP contribution in [-0.2, 0) is 32.0 Å². The van der Waals surface area contributed by atoms with Gasteiger partial charge in [0.25, 0.3) is 0 Å². The number of unbranched alkanes of at least 4 members (excludes halogenated alkanes) is 1. The summed E-state index contributed by atoms with van der Waals surface area (Å²) < 4.78 is 0. The van der Waals surface area contributed by atoms with Crippen molar-refractivity contribution in [2.75, 3.05) is 12.3 Å². The lowest BCUT2D eigenvalue weighted by molar-refractivity contribution is -0.141. The number of H-pyrrole nitrogens is 1. The quantitative estimate of drug-likeness (QED) is 0.0838. The van der Waals surface area contributed by atoms with Gasteiger partial charge in [0.2, 0.25) is 17.7 Å². The van der Waals surface area contributed by atoms with E-state index in [1.54, 1.807) is 18.3 Å². The van der Waals surface area contributed by atoms with Gasteiger partial charge in [-0.05, 0) is 48.7 Å². The molecule has 42 heavy (non-hydrogen) atoms. The highest BCUT2D eigenvalue weighted by Gasteiger charge is 2.31. The van der Waals surface area contributed by atoms with Crippen LogP contribution in [-0.4, -0.2) is 75.4 Å². The summed E-state index contributed by atoms with van der Waals surface area (Å²) >= 11 is 4.00. The fraction of sp³-hybridized carbons (Fsp3) is 0.379. The van der Waals surface area contributed by atoms with Crippen molar-refractivity contribution in [3.8, 4) is 5.75 Å². The van der Waals surface area contributed by atoms with E-state index < -0.39 is 47.9 Å². The number of benzene rings is 2. The van der Waals surface area contributed by atoms with Gasteiger partial charge in [-0.25, -0.2) is 4.79 Å². The monoisotopic (exact) mass is 598 g/mol. The van der Waals surface area contributed by atoms with E-state index in [-0.39, 0.29) is 24.3 Å². The minimum Gasteiger partial charge on any atom is -0.508 e. The van der Waals surface area contributed by atoms with Gasteiger partial charge < -0.3 is 42.6 Å². The van der Waals surface area contributed by atoms with Crippen molar-refractivity contribution in [1.82, 2.24) is 20.9 Å². The third-order valence-corrected chi connectivity index (χ3v) is 7.21. The number of aliphatic carboxylic acids is 1. The maximum atomic E-state index is 13.7. The van der Waals surface area contributed by atoms with Crippen LogP contribution in [0, 0.1) is 0 Å². The number of para-hydroxylation sites is 1. The number of carbonyl (C=O) groups excluding carboxylic acids is 3. The topological polar surface area (TPSA) is 213 Å². The number of carboxylic acid groups (broad SMARTS) is 1. The van der Waals surface area contributed by atoms with Crippen molar-refractivity contribution in [2.45, 2.75) is 56.3 Å². The molecule has 226 valence electrons. The number of aromatic hydroxyl groups is 1. The molecule has 0 spiro atoms. The van der Waals surface area contributed by atoms with Crippen LogP contribution in [0.1, 0.15) is 30.4 Å². The van der Waals surface area contributed by atoms with Crippen LogP contribution in [0.15, 0.2) is 54.7 Å². The molecular formula is C29H38N6O6S. The Kier molecular flexibility index (Phi) is 12.2. The molecule has 0 saturated heterocycles. The summed E-state index contributed by atoms with van der Waals surface area (Å²) in [7, 11) is 0. The number of phenolic OH excluding ortho intramolecular Hbond substituents is 1. The maximum Gasteiger partial charge on any atom is 0.327 e. The number of amides is 3. The molecule has 13 heteroatoms. The number of nitrogens with one attached hydrogen (secondary N) is 4. The normalized spacial score (nSPS) is 14.0. The highest BCUT2D eigenvalue weighted by Crippen LogP contribution is 2.20. The lowest BCUT2D eigenvalue weighted by Gasteiger charge is -2.25. The highest BCUT2D eigenvalue weighted by molar-refractivity contribution is 7.80. The standard InChI is InChI=1S/C29H38N6O6S/c30-12-4-3-6-21(31)26(37)33-24(14-18-15-32-22-7-2-1-5-20(18)22)28(39)34-23(13-17-8-10-19(36)11-9-17)27(38)35-25(16-42)29(40)41/h1-2,5,7-11,15,21,23-25,32,36,42H,3-4,6,12-14,16,30-31H2,(H,33,37)(H,34,39)(H,35,38)(H,40,41). The number of hydrogen-bond donors (Lipinski definition) is 9. The molecule has 0 aliphatic heterocycles. The Balaban J connectivity index is 1.87. The third kappa shape index (κ3) is 9.23. The average molecular weight is 599 g/mol. The summed E-state index contributed by atoms with van der Waals surface area (Å²) in [5.41, 5.74) is 13.9. The Bertz CT molecular complexity index is 1360. The van der Waals surface area contributed by atoms with Gasteiger partial charge in [0.15, 0.2) is 0 Å². The minimum absolute atomic E-state index is 0.0108. The molecule has 3 rings (SSSR count). The predicted molar refractivity (Wildman–Crippen MR) is 162 cm³/mol. The molecule has 4 atom stereocenters. The van der Waals surface area contributed by atoms with Crippen LogP contribution in [0.25, 0.3) is 10.9 Å². The van der Waals surface area contributed by atoms with Crippen LogP contribution < -0.4 is 27.4 Å². The van der Waals surface area contributed by atoms with E-state index in [9.17, 15) is 29.4 Å². The van der Waals surface area contributed by atoms with Crippen molar-refractivity contribution in [3.05, 3.63) is 65.9 Å². The number of phenols is 1. The van der Waals surface area contributed by atoms with Crippen LogP contribution in [0.2, 0.25) is 0 Å². The maximum absolute atomic E-state index is 13.7. The van der Waals surface area contributed by atoms with Crippen molar-refractivity contribution in [3.63, 3.8) is 0 Å². The van der Waals surface area contributed by atoms with E-state index in [0.29, 0.717) is 31.4 Å². The number of aromatic nitrogens is 1. The van der Waals surface area contributed by atoms with Gasteiger partial charge in [0, 0.05) is 35.7 Å². The van der Waals surface area contributed by atoms with E-state index in [0.717, 1.165) is 16.5 Å².